The van der Waals surface area contributed by atoms with E-state index in [2.05, 4.69) is 15.3 Å². The molecule has 3 aromatic rings. The monoisotopic (exact) mass is 488 g/mol. The van der Waals surface area contributed by atoms with Crippen molar-refractivity contribution in [3.8, 4) is 0 Å². The zero-order chi connectivity index (χ0) is 25.6. The van der Waals surface area contributed by atoms with E-state index in [1.807, 2.05) is 30.3 Å². The topological polar surface area (TPSA) is 103 Å². The fourth-order valence-corrected chi connectivity index (χ4v) is 3.21. The van der Waals surface area contributed by atoms with Gasteiger partial charge in [-0.2, -0.15) is 13.2 Å². The van der Waals surface area contributed by atoms with Crippen LogP contribution in [0.15, 0.2) is 65.8 Å². The van der Waals surface area contributed by atoms with Gasteiger partial charge in [0.15, 0.2) is 5.69 Å². The van der Waals surface area contributed by atoms with E-state index in [0.29, 0.717) is 12.4 Å². The summed E-state index contributed by atoms with van der Waals surface area (Å²) < 4.78 is 45.3. The van der Waals surface area contributed by atoms with E-state index in [0.717, 1.165) is 10.1 Å². The normalized spacial score (nSPS) is 12.3. The number of carbonyl (C=O) groups excluding carboxylic acids is 2. The fraction of sp³-hybridized carbons (Fsp3) is 0.292. The molecule has 1 atom stereocenters. The molecule has 0 aliphatic carbocycles. The number of alkyl halides is 3. The van der Waals surface area contributed by atoms with Gasteiger partial charge in [0, 0.05) is 12.4 Å². The first-order valence-electron chi connectivity index (χ1n) is 10.7. The Hall–Kier alpha value is -4.02. The molecule has 3 rings (SSSR count). The van der Waals surface area contributed by atoms with Crippen LogP contribution in [0.3, 0.4) is 0 Å². The van der Waals surface area contributed by atoms with Crippen molar-refractivity contribution in [1.29, 1.82) is 0 Å². The summed E-state index contributed by atoms with van der Waals surface area (Å²) in [4.78, 5) is 44.6. The van der Waals surface area contributed by atoms with Gasteiger partial charge in [0.1, 0.15) is 18.5 Å². The third kappa shape index (κ3) is 6.98. The van der Waals surface area contributed by atoms with Crippen LogP contribution < -0.4 is 10.9 Å². The summed E-state index contributed by atoms with van der Waals surface area (Å²) in [5.41, 5.74) is -1.16. The predicted molar refractivity (Wildman–Crippen MR) is 120 cm³/mol. The lowest BCUT2D eigenvalue weighted by atomic mass is 10.0. The second-order valence-corrected chi connectivity index (χ2v) is 8.14. The van der Waals surface area contributed by atoms with Gasteiger partial charge in [-0.25, -0.2) is 14.8 Å². The minimum Gasteiger partial charge on any atom is -0.457 e. The van der Waals surface area contributed by atoms with Crippen LogP contribution in [0, 0.1) is 5.92 Å². The highest BCUT2D eigenvalue weighted by molar-refractivity contribution is 5.93. The number of nitrogens with zero attached hydrogens (tertiary/aromatic N) is 3. The molecule has 11 heteroatoms. The third-order valence-corrected chi connectivity index (χ3v) is 4.92. The molecule has 0 bridgehead atoms. The van der Waals surface area contributed by atoms with E-state index in [1.165, 1.54) is 18.3 Å². The molecule has 35 heavy (non-hydrogen) atoms. The van der Waals surface area contributed by atoms with Crippen LogP contribution in [-0.2, 0) is 22.3 Å². The molecule has 0 aliphatic heterocycles. The SMILES string of the molecule is CC(C)CC(C(=O)Nc1ccc(C(=O)OCc2ccccc2)cn1)n1cc(C(F)(F)F)ncc1=O. The standard InChI is InChI=1S/C24H23F3N4O4/c1-15(2)10-18(31-13-19(24(25,26)27)28-12-21(31)32)22(33)30-20-9-8-17(11-29-20)23(34)35-14-16-6-4-3-5-7-16/h3-9,11-13,15,18H,10,14H2,1-2H3,(H,29,30,33). The summed E-state index contributed by atoms with van der Waals surface area (Å²) >= 11 is 0. The first-order chi connectivity index (χ1) is 16.5. The first kappa shape index (κ1) is 25.6. The molecule has 0 saturated heterocycles. The van der Waals surface area contributed by atoms with Gasteiger partial charge in [0.25, 0.3) is 5.56 Å². The highest BCUT2D eigenvalue weighted by Crippen LogP contribution is 2.28. The van der Waals surface area contributed by atoms with E-state index in [-0.39, 0.29) is 30.3 Å². The molecular weight excluding hydrogens is 465 g/mol. The van der Waals surface area contributed by atoms with Crippen molar-refractivity contribution in [3.05, 3.63) is 88.2 Å². The molecule has 0 saturated carbocycles. The minimum atomic E-state index is -4.78. The second kappa shape index (κ2) is 10.9. The fourth-order valence-electron chi connectivity index (χ4n) is 3.21. The van der Waals surface area contributed by atoms with Gasteiger partial charge in [0.2, 0.25) is 5.91 Å². The summed E-state index contributed by atoms with van der Waals surface area (Å²) in [6.45, 7) is 3.62. The molecule has 1 amide bonds. The number of benzene rings is 1. The summed E-state index contributed by atoms with van der Waals surface area (Å²) in [5.74, 6) is -1.40. The molecule has 1 unspecified atom stereocenters. The molecule has 0 fully saturated rings. The van der Waals surface area contributed by atoms with E-state index in [4.69, 9.17) is 4.74 Å². The van der Waals surface area contributed by atoms with Crippen LogP contribution in [0.5, 0.6) is 0 Å². The van der Waals surface area contributed by atoms with Crippen molar-refractivity contribution in [2.75, 3.05) is 5.32 Å². The Bertz CT molecular complexity index is 1230. The van der Waals surface area contributed by atoms with E-state index >= 15 is 0 Å². The van der Waals surface area contributed by atoms with Crippen molar-refractivity contribution < 1.29 is 27.5 Å². The summed E-state index contributed by atoms with van der Waals surface area (Å²) in [6, 6.07) is 10.6. The summed E-state index contributed by atoms with van der Waals surface area (Å²) in [6.07, 6.45) is -2.40. The highest BCUT2D eigenvalue weighted by atomic mass is 19.4. The highest BCUT2D eigenvalue weighted by Gasteiger charge is 2.34. The lowest BCUT2D eigenvalue weighted by Gasteiger charge is -2.21. The van der Waals surface area contributed by atoms with Crippen LogP contribution >= 0.6 is 0 Å². The Balaban J connectivity index is 1.74. The van der Waals surface area contributed by atoms with Crippen molar-refractivity contribution in [2.45, 2.75) is 39.1 Å². The van der Waals surface area contributed by atoms with Gasteiger partial charge in [-0.1, -0.05) is 44.2 Å². The largest absolute Gasteiger partial charge is 0.457 e. The molecule has 0 radical (unpaired) electrons. The molecule has 2 aromatic heterocycles. The van der Waals surface area contributed by atoms with Crippen molar-refractivity contribution >= 4 is 17.7 Å². The molecule has 0 spiro atoms. The van der Waals surface area contributed by atoms with Crippen molar-refractivity contribution in [1.82, 2.24) is 14.5 Å². The van der Waals surface area contributed by atoms with Gasteiger partial charge in [-0.3, -0.25) is 14.2 Å². The first-order valence-corrected chi connectivity index (χ1v) is 10.7. The lowest BCUT2D eigenvalue weighted by molar-refractivity contribution is -0.142. The maximum atomic E-state index is 13.1. The van der Waals surface area contributed by atoms with Gasteiger partial charge < -0.3 is 10.1 Å². The van der Waals surface area contributed by atoms with Gasteiger partial charge in [-0.15, -0.1) is 0 Å². The molecule has 8 nitrogen and oxygen atoms in total. The quantitative estimate of drug-likeness (QED) is 0.476. The number of aromatic nitrogens is 3. The average Bonchev–Trinajstić information content (AvgIpc) is 2.81. The molecular formula is C24H23F3N4O4. The van der Waals surface area contributed by atoms with E-state index < -0.39 is 35.3 Å². The Morgan fingerprint density at radius 2 is 1.77 bits per heavy atom. The molecule has 1 aromatic carbocycles. The minimum absolute atomic E-state index is 0.0570. The smallest absolute Gasteiger partial charge is 0.434 e. The number of pyridine rings is 1. The summed E-state index contributed by atoms with van der Waals surface area (Å²) in [5, 5.41) is 2.49. The Morgan fingerprint density at radius 3 is 2.37 bits per heavy atom. The van der Waals surface area contributed by atoms with Gasteiger partial charge in [-0.05, 0) is 30.0 Å². The number of ether oxygens (including phenoxy) is 1. The van der Waals surface area contributed by atoms with E-state index in [1.54, 1.807) is 13.8 Å². The zero-order valence-corrected chi connectivity index (χ0v) is 19.0. The second-order valence-electron chi connectivity index (χ2n) is 8.14. The number of carbonyl (C=O) groups is 2. The van der Waals surface area contributed by atoms with Crippen LogP contribution in [0.2, 0.25) is 0 Å². The Labute approximate surface area is 198 Å². The van der Waals surface area contributed by atoms with Crippen LogP contribution in [-0.4, -0.2) is 26.4 Å². The molecule has 2 heterocycles. The number of hydrogen-bond acceptors (Lipinski definition) is 6. The third-order valence-electron chi connectivity index (χ3n) is 4.92. The van der Waals surface area contributed by atoms with Crippen molar-refractivity contribution in [2.24, 2.45) is 5.92 Å². The maximum Gasteiger partial charge on any atom is 0.434 e. The van der Waals surface area contributed by atoms with Gasteiger partial charge in [0.05, 0.1) is 11.8 Å². The summed E-state index contributed by atoms with van der Waals surface area (Å²) in [7, 11) is 0. The number of halogens is 3. The van der Waals surface area contributed by atoms with Crippen molar-refractivity contribution in [3.63, 3.8) is 0 Å². The maximum absolute atomic E-state index is 13.1. The van der Waals surface area contributed by atoms with Crippen LogP contribution in [0.4, 0.5) is 19.0 Å². The molecule has 0 aliphatic rings. The molecule has 1 N–H and O–H groups in total. The molecule has 184 valence electrons. The number of esters is 1. The Kier molecular flexibility index (Phi) is 8.00. The lowest BCUT2D eigenvalue weighted by Crippen LogP contribution is -2.35. The number of amides is 1. The van der Waals surface area contributed by atoms with Crippen LogP contribution in [0.1, 0.15) is 47.9 Å². The number of anilines is 1. The van der Waals surface area contributed by atoms with E-state index in [9.17, 15) is 27.6 Å². The Morgan fingerprint density at radius 1 is 1.06 bits per heavy atom. The average molecular weight is 488 g/mol. The number of nitrogens with one attached hydrogen (secondary N) is 1. The predicted octanol–water partition coefficient (Wildman–Crippen LogP) is 4.24. The van der Waals surface area contributed by atoms with Gasteiger partial charge >= 0.3 is 12.1 Å². The van der Waals surface area contributed by atoms with Crippen LogP contribution in [0.25, 0.3) is 0 Å². The number of hydrogen-bond donors (Lipinski definition) is 1. The zero-order valence-electron chi connectivity index (χ0n) is 19.0. The number of rotatable bonds is 8.